The summed E-state index contributed by atoms with van der Waals surface area (Å²) in [6, 6.07) is 17.3. The lowest BCUT2D eigenvalue weighted by molar-refractivity contribution is -0.0137. The maximum Gasteiger partial charge on any atom is 0.152 e. The molecule has 176 valence electrons. The van der Waals surface area contributed by atoms with E-state index in [1.54, 1.807) is 7.11 Å². The van der Waals surface area contributed by atoms with Crippen molar-refractivity contribution in [2.75, 3.05) is 33.5 Å². The van der Waals surface area contributed by atoms with Gasteiger partial charge in [-0.25, -0.2) is 4.98 Å². The number of methoxy groups -OCH3 is 1. The van der Waals surface area contributed by atoms with Crippen molar-refractivity contribution in [1.29, 1.82) is 0 Å². The number of hydrogen-bond donors (Lipinski definition) is 0. The third-order valence-electron chi connectivity index (χ3n) is 6.54. The molecule has 6 heteroatoms. The Morgan fingerprint density at radius 2 is 1.79 bits per heavy atom. The molecule has 0 amide bonds. The summed E-state index contributed by atoms with van der Waals surface area (Å²) in [5.41, 5.74) is 6.12. The van der Waals surface area contributed by atoms with Gasteiger partial charge in [0.2, 0.25) is 0 Å². The number of aryl methyl sites for hydroxylation is 2. The maximum absolute atomic E-state index is 6.85. The third-order valence-corrected chi connectivity index (χ3v) is 6.84. The van der Waals surface area contributed by atoms with E-state index in [4.69, 9.17) is 26.1 Å². The third kappa shape index (κ3) is 5.17. The summed E-state index contributed by atoms with van der Waals surface area (Å²) in [6.07, 6.45) is 1.90. The summed E-state index contributed by atoms with van der Waals surface area (Å²) < 4.78 is 13.6. The van der Waals surface area contributed by atoms with Crippen LogP contribution in [0, 0.1) is 0 Å². The zero-order valence-electron chi connectivity index (χ0n) is 19.9. The standard InChI is InChI=1S/C27H34ClN3O2/c1-4-20-12-9-13-21(5-2)25(20)27-29-26(28)23(31(27)15-16-32-3)18-30-14-17-33-19-24(30)22-10-7-6-8-11-22/h6-13,24H,4-5,14-19H2,1-3H3/t24-/m0/s1. The number of halogens is 1. The quantitative estimate of drug-likeness (QED) is 0.413. The van der Waals surface area contributed by atoms with Gasteiger partial charge in [0.05, 0.1) is 31.6 Å². The first-order valence-corrected chi connectivity index (χ1v) is 12.3. The summed E-state index contributed by atoms with van der Waals surface area (Å²) in [5.74, 6) is 0.950. The Morgan fingerprint density at radius 3 is 2.45 bits per heavy atom. The fourth-order valence-corrected chi connectivity index (χ4v) is 5.00. The van der Waals surface area contributed by atoms with E-state index in [-0.39, 0.29) is 6.04 Å². The number of imidazole rings is 1. The van der Waals surface area contributed by atoms with Gasteiger partial charge in [-0.15, -0.1) is 0 Å². The van der Waals surface area contributed by atoms with Crippen LogP contribution in [0.5, 0.6) is 0 Å². The first kappa shape index (κ1) is 24.0. The van der Waals surface area contributed by atoms with E-state index in [2.05, 4.69) is 71.8 Å². The Morgan fingerprint density at radius 1 is 1.06 bits per heavy atom. The predicted octanol–water partition coefficient (Wildman–Crippen LogP) is 5.55. The fraction of sp³-hybridized carbons (Fsp3) is 0.444. The average Bonchev–Trinajstić information content (AvgIpc) is 3.17. The number of ether oxygens (including phenoxy) is 2. The Kier molecular flexibility index (Phi) is 8.20. The second-order valence-corrected chi connectivity index (χ2v) is 8.81. The van der Waals surface area contributed by atoms with Gasteiger partial charge in [-0.2, -0.15) is 0 Å². The molecule has 5 nitrogen and oxygen atoms in total. The van der Waals surface area contributed by atoms with Gasteiger partial charge in [-0.1, -0.05) is 74.0 Å². The highest BCUT2D eigenvalue weighted by Crippen LogP contribution is 2.34. The molecular formula is C27H34ClN3O2. The van der Waals surface area contributed by atoms with Crippen LogP contribution in [0.1, 0.15) is 42.3 Å². The van der Waals surface area contributed by atoms with Crippen molar-refractivity contribution in [3.05, 3.63) is 76.1 Å². The van der Waals surface area contributed by atoms with Crippen LogP contribution >= 0.6 is 11.6 Å². The zero-order valence-corrected chi connectivity index (χ0v) is 20.6. The highest BCUT2D eigenvalue weighted by Gasteiger charge is 2.28. The smallest absolute Gasteiger partial charge is 0.152 e. The minimum atomic E-state index is 0.194. The molecule has 0 radical (unpaired) electrons. The Labute approximate surface area is 202 Å². The first-order chi connectivity index (χ1) is 16.2. The zero-order chi connectivity index (χ0) is 23.2. The van der Waals surface area contributed by atoms with Crippen LogP contribution in [0.2, 0.25) is 5.15 Å². The number of nitrogens with zero attached hydrogens (tertiary/aromatic N) is 3. The lowest BCUT2D eigenvalue weighted by atomic mass is 9.97. The molecule has 2 heterocycles. The van der Waals surface area contributed by atoms with Crippen LogP contribution in [0.15, 0.2) is 48.5 Å². The van der Waals surface area contributed by atoms with Crippen LogP contribution in [0.3, 0.4) is 0 Å². The minimum absolute atomic E-state index is 0.194. The van der Waals surface area contributed by atoms with E-state index in [0.717, 1.165) is 37.5 Å². The second kappa shape index (κ2) is 11.3. The van der Waals surface area contributed by atoms with Crippen LogP contribution in [-0.4, -0.2) is 47.9 Å². The van der Waals surface area contributed by atoms with Crippen molar-refractivity contribution >= 4 is 11.6 Å². The fourth-order valence-electron chi connectivity index (χ4n) is 4.75. The largest absolute Gasteiger partial charge is 0.383 e. The van der Waals surface area contributed by atoms with Crippen molar-refractivity contribution in [1.82, 2.24) is 14.5 Å². The lowest BCUT2D eigenvalue weighted by Crippen LogP contribution is -2.39. The average molecular weight is 468 g/mol. The van der Waals surface area contributed by atoms with Crippen LogP contribution in [0.25, 0.3) is 11.4 Å². The van der Waals surface area contributed by atoms with Crippen LogP contribution in [-0.2, 0) is 35.4 Å². The number of morpholine rings is 1. The van der Waals surface area contributed by atoms with Crippen molar-refractivity contribution in [2.45, 2.75) is 45.8 Å². The minimum Gasteiger partial charge on any atom is -0.383 e. The van der Waals surface area contributed by atoms with Crippen molar-refractivity contribution < 1.29 is 9.47 Å². The molecular weight excluding hydrogens is 434 g/mol. The van der Waals surface area contributed by atoms with Gasteiger partial charge in [-0.05, 0) is 29.5 Å². The van der Waals surface area contributed by atoms with E-state index in [1.165, 1.54) is 22.3 Å². The topological polar surface area (TPSA) is 39.5 Å². The van der Waals surface area contributed by atoms with E-state index >= 15 is 0 Å². The Hall–Kier alpha value is -2.18. The molecule has 1 aliphatic rings. The summed E-state index contributed by atoms with van der Waals surface area (Å²) in [5, 5.41) is 0.576. The molecule has 4 rings (SSSR count). The Bertz CT molecular complexity index is 1030. The van der Waals surface area contributed by atoms with E-state index in [1.807, 2.05) is 0 Å². The number of rotatable bonds is 9. The van der Waals surface area contributed by atoms with Crippen molar-refractivity contribution in [3.63, 3.8) is 0 Å². The summed E-state index contributed by atoms with van der Waals surface area (Å²) in [7, 11) is 1.74. The van der Waals surface area contributed by atoms with Crippen LogP contribution in [0.4, 0.5) is 0 Å². The molecule has 1 saturated heterocycles. The summed E-state index contributed by atoms with van der Waals surface area (Å²) in [6.45, 7) is 8.68. The monoisotopic (exact) mass is 467 g/mol. The molecule has 1 aromatic heterocycles. The molecule has 2 aromatic carbocycles. The Balaban J connectivity index is 1.76. The predicted molar refractivity (Wildman–Crippen MR) is 134 cm³/mol. The summed E-state index contributed by atoms with van der Waals surface area (Å²) in [4.78, 5) is 7.39. The molecule has 1 fully saturated rings. The molecule has 0 unspecified atom stereocenters. The molecule has 0 saturated carbocycles. The SMILES string of the molecule is CCc1cccc(CC)c1-c1nc(Cl)c(CN2CCOC[C@H]2c2ccccc2)n1CCOC. The van der Waals surface area contributed by atoms with Crippen molar-refractivity contribution in [3.8, 4) is 11.4 Å². The van der Waals surface area contributed by atoms with Gasteiger partial charge in [0, 0.05) is 32.3 Å². The molecule has 1 aliphatic heterocycles. The van der Waals surface area contributed by atoms with Gasteiger partial charge in [0.15, 0.2) is 5.15 Å². The van der Waals surface area contributed by atoms with Gasteiger partial charge in [-0.3, -0.25) is 4.90 Å². The van der Waals surface area contributed by atoms with Gasteiger partial charge in [0.25, 0.3) is 0 Å². The number of hydrogen-bond acceptors (Lipinski definition) is 4. The normalized spacial score (nSPS) is 16.9. The molecule has 0 bridgehead atoms. The highest BCUT2D eigenvalue weighted by atomic mass is 35.5. The molecule has 33 heavy (non-hydrogen) atoms. The second-order valence-electron chi connectivity index (χ2n) is 8.45. The molecule has 3 aromatic rings. The van der Waals surface area contributed by atoms with Crippen LogP contribution < -0.4 is 0 Å². The molecule has 0 aliphatic carbocycles. The number of benzene rings is 2. The highest BCUT2D eigenvalue weighted by molar-refractivity contribution is 6.30. The van der Waals surface area contributed by atoms with Gasteiger partial charge in [0.1, 0.15) is 5.82 Å². The summed E-state index contributed by atoms with van der Waals surface area (Å²) >= 11 is 6.85. The number of aromatic nitrogens is 2. The van der Waals surface area contributed by atoms with E-state index in [0.29, 0.717) is 31.5 Å². The van der Waals surface area contributed by atoms with E-state index < -0.39 is 0 Å². The lowest BCUT2D eigenvalue weighted by Gasteiger charge is -2.36. The molecule has 0 spiro atoms. The molecule has 1 atom stereocenters. The molecule has 0 N–H and O–H groups in total. The van der Waals surface area contributed by atoms with E-state index in [9.17, 15) is 0 Å². The van der Waals surface area contributed by atoms with Gasteiger partial charge < -0.3 is 14.0 Å². The first-order valence-electron chi connectivity index (χ1n) is 11.9. The maximum atomic E-state index is 6.85. The van der Waals surface area contributed by atoms with Gasteiger partial charge >= 0.3 is 0 Å². The van der Waals surface area contributed by atoms with Crippen molar-refractivity contribution in [2.24, 2.45) is 0 Å².